The number of benzene rings is 1. The summed E-state index contributed by atoms with van der Waals surface area (Å²) in [5.74, 6) is -0.0176. The van der Waals surface area contributed by atoms with Gasteiger partial charge < -0.3 is 10.1 Å². The second kappa shape index (κ2) is 7.88. The fourth-order valence-electron chi connectivity index (χ4n) is 2.40. The lowest BCUT2D eigenvalue weighted by molar-refractivity contribution is -0.120. The number of hydrogen-bond acceptors (Lipinski definition) is 5. The van der Waals surface area contributed by atoms with Crippen molar-refractivity contribution in [3.05, 3.63) is 33.0 Å². The molecule has 0 saturated heterocycles. The van der Waals surface area contributed by atoms with E-state index in [9.17, 15) is 9.59 Å². The molecule has 2 aromatic rings. The van der Waals surface area contributed by atoms with Crippen molar-refractivity contribution in [2.24, 2.45) is 0 Å². The van der Waals surface area contributed by atoms with Crippen LogP contribution in [-0.4, -0.2) is 40.5 Å². The number of halogens is 1. The predicted molar refractivity (Wildman–Crippen MR) is 102 cm³/mol. The van der Waals surface area contributed by atoms with Crippen molar-refractivity contribution in [3.63, 3.8) is 0 Å². The van der Waals surface area contributed by atoms with E-state index in [2.05, 4.69) is 26.2 Å². The van der Waals surface area contributed by atoms with Gasteiger partial charge in [0.1, 0.15) is 0 Å². The van der Waals surface area contributed by atoms with Crippen molar-refractivity contribution in [2.45, 2.75) is 42.8 Å². The second-order valence-electron chi connectivity index (χ2n) is 6.05. The minimum atomic E-state index is -0.325. The van der Waals surface area contributed by atoms with Gasteiger partial charge in [-0.2, -0.15) is 0 Å². The molecular weight excluding hydrogens is 406 g/mol. The first-order chi connectivity index (χ1) is 12.0. The Hall–Kier alpha value is -1.38. The molecule has 1 fully saturated rings. The van der Waals surface area contributed by atoms with E-state index in [4.69, 9.17) is 4.74 Å². The number of carbonyl (C=O) groups is 1. The summed E-state index contributed by atoms with van der Waals surface area (Å²) in [5, 5.41) is 3.75. The standard InChI is InChI=1S/C17H20BrN3O3S/c1-10(15(22)19-12-4-5-12)25-17-20-14-6-3-11(18)9-13(14)16(23)21(17)7-8-24-2/h3,6,9-10,12H,4-5,7-8H2,1-2H3,(H,19,22)/t10-/m1/s1. The van der Waals surface area contributed by atoms with Crippen LogP contribution in [0.15, 0.2) is 32.6 Å². The molecule has 1 heterocycles. The number of thioether (sulfide) groups is 1. The van der Waals surface area contributed by atoms with Gasteiger partial charge in [-0.05, 0) is 38.0 Å². The molecule has 8 heteroatoms. The van der Waals surface area contributed by atoms with Gasteiger partial charge in [-0.15, -0.1) is 0 Å². The molecule has 0 aliphatic heterocycles. The monoisotopic (exact) mass is 425 g/mol. The Balaban J connectivity index is 1.94. The molecule has 134 valence electrons. The van der Waals surface area contributed by atoms with Gasteiger partial charge in [-0.3, -0.25) is 14.2 Å². The van der Waals surface area contributed by atoms with Crippen molar-refractivity contribution in [1.82, 2.24) is 14.9 Å². The smallest absolute Gasteiger partial charge is 0.262 e. The van der Waals surface area contributed by atoms with Crippen LogP contribution in [-0.2, 0) is 16.1 Å². The molecule has 1 atom stereocenters. The molecule has 3 rings (SSSR count). The summed E-state index contributed by atoms with van der Waals surface area (Å²) >= 11 is 4.70. The maximum atomic E-state index is 12.9. The average Bonchev–Trinajstić information content (AvgIpc) is 3.39. The van der Waals surface area contributed by atoms with Crippen LogP contribution in [0.1, 0.15) is 19.8 Å². The van der Waals surface area contributed by atoms with E-state index in [1.165, 1.54) is 11.8 Å². The van der Waals surface area contributed by atoms with E-state index in [-0.39, 0.29) is 16.7 Å². The van der Waals surface area contributed by atoms with Crippen molar-refractivity contribution in [1.29, 1.82) is 0 Å². The van der Waals surface area contributed by atoms with E-state index < -0.39 is 0 Å². The topological polar surface area (TPSA) is 73.2 Å². The Morgan fingerprint density at radius 3 is 2.96 bits per heavy atom. The molecule has 1 aromatic carbocycles. The minimum absolute atomic E-state index is 0.0176. The number of rotatable bonds is 7. The molecule has 1 aliphatic rings. The Labute approximate surface area is 158 Å². The molecule has 0 unspecified atom stereocenters. The van der Waals surface area contributed by atoms with Gasteiger partial charge >= 0.3 is 0 Å². The maximum Gasteiger partial charge on any atom is 0.262 e. The third-order valence-corrected chi connectivity index (χ3v) is 5.56. The maximum absolute atomic E-state index is 12.9. The summed E-state index contributed by atoms with van der Waals surface area (Å²) in [7, 11) is 1.59. The summed E-state index contributed by atoms with van der Waals surface area (Å²) < 4.78 is 7.54. The van der Waals surface area contributed by atoms with Crippen LogP contribution in [0, 0.1) is 0 Å². The quantitative estimate of drug-likeness (QED) is 0.544. The third kappa shape index (κ3) is 4.43. The zero-order chi connectivity index (χ0) is 18.0. The first kappa shape index (κ1) is 18.4. The lowest BCUT2D eigenvalue weighted by Crippen LogP contribution is -2.33. The van der Waals surface area contributed by atoms with Gasteiger partial charge in [-0.25, -0.2) is 4.98 Å². The number of aromatic nitrogens is 2. The summed E-state index contributed by atoms with van der Waals surface area (Å²) in [5.41, 5.74) is 0.500. The zero-order valence-corrected chi connectivity index (χ0v) is 16.5. The lowest BCUT2D eigenvalue weighted by Gasteiger charge is -2.16. The minimum Gasteiger partial charge on any atom is -0.383 e. The Kier molecular flexibility index (Phi) is 5.81. The molecular formula is C17H20BrN3O3S. The molecule has 6 nitrogen and oxygen atoms in total. The van der Waals surface area contributed by atoms with Crippen molar-refractivity contribution in [3.8, 4) is 0 Å². The zero-order valence-electron chi connectivity index (χ0n) is 14.1. The predicted octanol–water partition coefficient (Wildman–Crippen LogP) is 2.56. The lowest BCUT2D eigenvalue weighted by atomic mass is 10.2. The normalized spacial score (nSPS) is 15.3. The van der Waals surface area contributed by atoms with E-state index in [0.717, 1.165) is 17.3 Å². The SMILES string of the molecule is COCCn1c(S[C@H](C)C(=O)NC2CC2)nc2ccc(Br)cc2c1=O. The van der Waals surface area contributed by atoms with Gasteiger partial charge in [0.15, 0.2) is 5.16 Å². The summed E-state index contributed by atoms with van der Waals surface area (Å²) in [6.45, 7) is 2.63. The number of hydrogen-bond donors (Lipinski definition) is 1. The highest BCUT2D eigenvalue weighted by atomic mass is 79.9. The summed E-state index contributed by atoms with van der Waals surface area (Å²) in [4.78, 5) is 29.7. The molecule has 1 saturated carbocycles. The highest BCUT2D eigenvalue weighted by molar-refractivity contribution is 9.10. The van der Waals surface area contributed by atoms with Crippen LogP contribution in [0.4, 0.5) is 0 Å². The van der Waals surface area contributed by atoms with Crippen molar-refractivity contribution in [2.75, 3.05) is 13.7 Å². The second-order valence-corrected chi connectivity index (χ2v) is 8.27. The molecule has 0 radical (unpaired) electrons. The molecule has 0 bridgehead atoms. The van der Waals surface area contributed by atoms with Crippen LogP contribution < -0.4 is 10.9 Å². The Morgan fingerprint density at radius 1 is 1.52 bits per heavy atom. The summed E-state index contributed by atoms with van der Waals surface area (Å²) in [6.07, 6.45) is 2.09. The van der Waals surface area contributed by atoms with Gasteiger partial charge in [0.2, 0.25) is 5.91 Å². The van der Waals surface area contributed by atoms with Crippen LogP contribution in [0.3, 0.4) is 0 Å². The van der Waals surface area contributed by atoms with Gasteiger partial charge in [0.25, 0.3) is 5.56 Å². The average molecular weight is 426 g/mol. The Morgan fingerprint density at radius 2 is 2.28 bits per heavy atom. The van der Waals surface area contributed by atoms with Crippen molar-refractivity contribution >= 4 is 44.5 Å². The highest BCUT2D eigenvalue weighted by Gasteiger charge is 2.27. The van der Waals surface area contributed by atoms with Gasteiger partial charge in [0, 0.05) is 17.6 Å². The number of ether oxygens (including phenoxy) is 1. The fraction of sp³-hybridized carbons (Fsp3) is 0.471. The van der Waals surface area contributed by atoms with Gasteiger partial charge in [-0.1, -0.05) is 27.7 Å². The molecule has 1 N–H and O–H groups in total. The molecule has 0 spiro atoms. The number of nitrogens with one attached hydrogen (secondary N) is 1. The van der Waals surface area contributed by atoms with E-state index in [1.54, 1.807) is 23.8 Å². The number of carbonyl (C=O) groups excluding carboxylic acids is 1. The molecule has 1 aliphatic carbocycles. The first-order valence-electron chi connectivity index (χ1n) is 8.15. The largest absolute Gasteiger partial charge is 0.383 e. The fourth-order valence-corrected chi connectivity index (χ4v) is 3.71. The Bertz CT molecular complexity index is 851. The van der Waals surface area contributed by atoms with E-state index in [1.807, 2.05) is 13.0 Å². The molecule has 1 aromatic heterocycles. The first-order valence-corrected chi connectivity index (χ1v) is 9.83. The van der Waals surface area contributed by atoms with Crippen LogP contribution in [0.2, 0.25) is 0 Å². The summed E-state index contributed by atoms with van der Waals surface area (Å²) in [6, 6.07) is 5.74. The number of nitrogens with zero attached hydrogens (tertiary/aromatic N) is 2. The van der Waals surface area contributed by atoms with Crippen LogP contribution >= 0.6 is 27.7 Å². The van der Waals surface area contributed by atoms with E-state index >= 15 is 0 Å². The number of amides is 1. The van der Waals surface area contributed by atoms with Crippen molar-refractivity contribution < 1.29 is 9.53 Å². The number of fused-ring (bicyclic) bond motifs is 1. The van der Waals surface area contributed by atoms with Crippen LogP contribution in [0.5, 0.6) is 0 Å². The molecule has 1 amide bonds. The molecule has 25 heavy (non-hydrogen) atoms. The highest BCUT2D eigenvalue weighted by Crippen LogP contribution is 2.25. The van der Waals surface area contributed by atoms with Crippen LogP contribution in [0.25, 0.3) is 10.9 Å². The third-order valence-electron chi connectivity index (χ3n) is 3.98. The van der Waals surface area contributed by atoms with Gasteiger partial charge in [0.05, 0.1) is 29.3 Å². The number of methoxy groups -OCH3 is 1. The van der Waals surface area contributed by atoms with E-state index in [0.29, 0.717) is 35.3 Å².